The molecule has 3 N–H and O–H groups in total. The predicted octanol–water partition coefficient (Wildman–Crippen LogP) is 4.08. The van der Waals surface area contributed by atoms with Gasteiger partial charge in [0.2, 0.25) is 5.56 Å². The van der Waals surface area contributed by atoms with E-state index in [1.165, 1.54) is 17.4 Å². The molecule has 0 saturated carbocycles. The second-order valence-electron chi connectivity index (χ2n) is 8.21. The fourth-order valence-electron chi connectivity index (χ4n) is 3.03. The summed E-state index contributed by atoms with van der Waals surface area (Å²) >= 11 is 1.53. The summed E-state index contributed by atoms with van der Waals surface area (Å²) < 4.78 is 6.58. The average molecular weight is 450 g/mol. The van der Waals surface area contributed by atoms with Crippen molar-refractivity contribution in [3.63, 3.8) is 0 Å². The van der Waals surface area contributed by atoms with Crippen LogP contribution < -0.4 is 20.9 Å². The van der Waals surface area contributed by atoms with Gasteiger partial charge in [-0.15, -0.1) is 11.3 Å². The Bertz CT molecular complexity index is 1300. The number of ether oxygens (including phenoxy) is 1. The molecular formula is C23H23N5O3S. The Kier molecular flexibility index (Phi) is 5.91. The van der Waals surface area contributed by atoms with Crippen LogP contribution in [0.1, 0.15) is 20.8 Å². The smallest absolute Gasteiger partial charge is 0.258 e. The van der Waals surface area contributed by atoms with Crippen LogP contribution in [0.25, 0.3) is 21.6 Å². The first-order valence-corrected chi connectivity index (χ1v) is 10.9. The number of aromatic nitrogens is 3. The molecule has 1 amide bonds. The molecule has 0 aliphatic carbocycles. The van der Waals surface area contributed by atoms with Gasteiger partial charge in [0, 0.05) is 23.4 Å². The van der Waals surface area contributed by atoms with Crippen LogP contribution >= 0.6 is 11.3 Å². The fourth-order valence-corrected chi connectivity index (χ4v) is 3.81. The van der Waals surface area contributed by atoms with E-state index in [0.717, 1.165) is 15.8 Å². The lowest BCUT2D eigenvalue weighted by Crippen LogP contribution is -2.43. The number of pyridine rings is 1. The zero-order valence-electron chi connectivity index (χ0n) is 17.9. The van der Waals surface area contributed by atoms with Crippen molar-refractivity contribution < 1.29 is 9.53 Å². The molecule has 164 valence electrons. The minimum absolute atomic E-state index is 0.0792. The second-order valence-corrected chi connectivity index (χ2v) is 9.13. The van der Waals surface area contributed by atoms with E-state index >= 15 is 0 Å². The van der Waals surface area contributed by atoms with Crippen molar-refractivity contribution in [1.82, 2.24) is 20.3 Å². The van der Waals surface area contributed by atoms with Gasteiger partial charge in [-0.1, -0.05) is 12.1 Å². The number of hydrogen-bond donors (Lipinski definition) is 3. The summed E-state index contributed by atoms with van der Waals surface area (Å²) in [6, 6.07) is 12.4. The van der Waals surface area contributed by atoms with Crippen LogP contribution in [0.2, 0.25) is 0 Å². The van der Waals surface area contributed by atoms with Crippen LogP contribution in [0.3, 0.4) is 0 Å². The minimum atomic E-state index is -0.318. The Balaban J connectivity index is 1.59. The standard InChI is InChI=1S/C23H23N5O3S/c1-23(2,3)28-19(30)13-31-16-6-4-5-14(11-16)21-26-17-9-10-32-20(17)22(27-21)25-15-7-8-18(29)24-12-15/h4-12H,13H2,1-3H3,(H,24,29)(H,28,30)(H,25,26,27). The Morgan fingerprint density at radius 1 is 1.16 bits per heavy atom. The van der Waals surface area contributed by atoms with E-state index < -0.39 is 0 Å². The fraction of sp³-hybridized carbons (Fsp3) is 0.217. The van der Waals surface area contributed by atoms with E-state index in [1.54, 1.807) is 18.3 Å². The molecule has 1 aromatic carbocycles. The molecule has 0 atom stereocenters. The Morgan fingerprint density at radius 3 is 2.75 bits per heavy atom. The Labute approximate surface area is 188 Å². The van der Waals surface area contributed by atoms with Crippen molar-refractivity contribution in [2.45, 2.75) is 26.3 Å². The van der Waals surface area contributed by atoms with Crippen molar-refractivity contribution >= 4 is 39.0 Å². The Hall–Kier alpha value is -3.72. The van der Waals surface area contributed by atoms with Crippen LogP contribution in [0.15, 0.2) is 58.8 Å². The molecular weight excluding hydrogens is 426 g/mol. The van der Waals surface area contributed by atoms with Gasteiger partial charge in [-0.25, -0.2) is 9.97 Å². The molecule has 32 heavy (non-hydrogen) atoms. The molecule has 0 saturated heterocycles. The van der Waals surface area contributed by atoms with Crippen molar-refractivity contribution in [2.24, 2.45) is 0 Å². The van der Waals surface area contributed by atoms with Crippen LogP contribution in [-0.4, -0.2) is 33.0 Å². The number of carbonyl (C=O) groups excluding carboxylic acids is 1. The van der Waals surface area contributed by atoms with E-state index in [0.29, 0.717) is 23.1 Å². The number of aromatic amines is 1. The molecule has 4 aromatic rings. The van der Waals surface area contributed by atoms with E-state index in [4.69, 9.17) is 9.72 Å². The zero-order chi connectivity index (χ0) is 22.7. The molecule has 0 fully saturated rings. The van der Waals surface area contributed by atoms with Crippen LogP contribution in [0.5, 0.6) is 5.75 Å². The summed E-state index contributed by atoms with van der Waals surface area (Å²) in [4.78, 5) is 35.4. The highest BCUT2D eigenvalue weighted by Gasteiger charge is 2.15. The van der Waals surface area contributed by atoms with Crippen molar-refractivity contribution in [3.05, 3.63) is 64.4 Å². The number of benzene rings is 1. The Morgan fingerprint density at radius 2 is 2.00 bits per heavy atom. The number of fused-ring (bicyclic) bond motifs is 1. The van der Waals surface area contributed by atoms with Crippen molar-refractivity contribution in [1.29, 1.82) is 0 Å². The summed E-state index contributed by atoms with van der Waals surface area (Å²) in [5.74, 6) is 1.53. The molecule has 9 heteroatoms. The monoisotopic (exact) mass is 449 g/mol. The number of H-pyrrole nitrogens is 1. The van der Waals surface area contributed by atoms with Gasteiger partial charge >= 0.3 is 0 Å². The highest BCUT2D eigenvalue weighted by Crippen LogP contribution is 2.31. The number of amides is 1. The maximum absolute atomic E-state index is 12.1. The summed E-state index contributed by atoms with van der Waals surface area (Å²) in [7, 11) is 0. The first-order valence-electron chi connectivity index (χ1n) is 10.0. The first-order chi connectivity index (χ1) is 15.3. The summed E-state index contributed by atoms with van der Waals surface area (Å²) in [6.07, 6.45) is 1.60. The van der Waals surface area contributed by atoms with Crippen molar-refractivity contribution in [2.75, 3.05) is 11.9 Å². The number of nitrogens with one attached hydrogen (secondary N) is 3. The molecule has 3 aromatic heterocycles. The summed E-state index contributed by atoms with van der Waals surface area (Å²) in [6.45, 7) is 5.68. The number of nitrogens with zero attached hydrogens (tertiary/aromatic N) is 2. The average Bonchev–Trinajstić information content (AvgIpc) is 3.22. The molecule has 0 radical (unpaired) electrons. The first kappa shape index (κ1) is 21.5. The zero-order valence-corrected chi connectivity index (χ0v) is 18.7. The summed E-state index contributed by atoms with van der Waals surface area (Å²) in [5.41, 5.74) is 1.79. The van der Waals surface area contributed by atoms with Gasteiger partial charge in [-0.3, -0.25) is 9.59 Å². The quantitative estimate of drug-likeness (QED) is 0.409. The van der Waals surface area contributed by atoms with Crippen LogP contribution in [0.4, 0.5) is 11.5 Å². The highest BCUT2D eigenvalue weighted by atomic mass is 32.1. The third-order valence-electron chi connectivity index (χ3n) is 4.33. The van der Waals surface area contributed by atoms with E-state index in [2.05, 4.69) is 20.6 Å². The molecule has 0 aliphatic rings. The normalized spacial score (nSPS) is 11.3. The number of anilines is 2. The lowest BCUT2D eigenvalue weighted by molar-refractivity contribution is -0.124. The molecule has 0 aliphatic heterocycles. The maximum atomic E-state index is 12.1. The summed E-state index contributed by atoms with van der Waals surface area (Å²) in [5, 5.41) is 8.07. The van der Waals surface area contributed by atoms with Crippen LogP contribution in [0, 0.1) is 0 Å². The molecule has 4 rings (SSSR count). The van der Waals surface area contributed by atoms with E-state index in [9.17, 15) is 9.59 Å². The third kappa shape index (κ3) is 5.30. The van der Waals surface area contributed by atoms with Gasteiger partial charge in [0.05, 0.1) is 15.9 Å². The van der Waals surface area contributed by atoms with Gasteiger partial charge in [-0.05, 0) is 50.4 Å². The van der Waals surface area contributed by atoms with E-state index in [1.807, 2.05) is 50.4 Å². The molecule has 3 heterocycles. The van der Waals surface area contributed by atoms with Crippen molar-refractivity contribution in [3.8, 4) is 17.1 Å². The van der Waals surface area contributed by atoms with E-state index in [-0.39, 0.29) is 23.6 Å². The molecule has 8 nitrogen and oxygen atoms in total. The van der Waals surface area contributed by atoms with Crippen LogP contribution in [-0.2, 0) is 4.79 Å². The van der Waals surface area contributed by atoms with Gasteiger partial charge in [0.25, 0.3) is 5.91 Å². The second kappa shape index (κ2) is 8.80. The molecule has 0 bridgehead atoms. The SMILES string of the molecule is CC(C)(C)NC(=O)COc1cccc(-c2nc(Nc3ccc(=O)[nH]c3)c3sccc3n2)c1. The number of rotatable bonds is 6. The van der Waals surface area contributed by atoms with Gasteiger partial charge < -0.3 is 20.4 Å². The lowest BCUT2D eigenvalue weighted by atomic mass is 10.1. The van der Waals surface area contributed by atoms with Gasteiger partial charge in [0.1, 0.15) is 5.75 Å². The molecule has 0 unspecified atom stereocenters. The lowest BCUT2D eigenvalue weighted by Gasteiger charge is -2.20. The number of carbonyl (C=O) groups is 1. The minimum Gasteiger partial charge on any atom is -0.484 e. The predicted molar refractivity (Wildman–Crippen MR) is 127 cm³/mol. The van der Waals surface area contributed by atoms with Gasteiger partial charge in [-0.2, -0.15) is 0 Å². The number of hydrogen-bond acceptors (Lipinski definition) is 7. The largest absolute Gasteiger partial charge is 0.484 e. The molecule has 0 spiro atoms. The van der Waals surface area contributed by atoms with Gasteiger partial charge in [0.15, 0.2) is 18.2 Å². The highest BCUT2D eigenvalue weighted by molar-refractivity contribution is 7.17. The maximum Gasteiger partial charge on any atom is 0.258 e. The number of thiophene rings is 1. The topological polar surface area (TPSA) is 109 Å². The third-order valence-corrected chi connectivity index (χ3v) is 5.24.